The molecule has 0 aliphatic carbocycles. The van der Waals surface area contributed by atoms with E-state index in [-0.39, 0.29) is 12.5 Å². The van der Waals surface area contributed by atoms with Crippen molar-refractivity contribution in [2.75, 3.05) is 40.0 Å². The van der Waals surface area contributed by atoms with Crippen LogP contribution in [0.25, 0.3) is 22.4 Å². The summed E-state index contributed by atoms with van der Waals surface area (Å²) in [6.07, 6.45) is 0. The molecule has 1 amide bonds. The van der Waals surface area contributed by atoms with Gasteiger partial charge in [-0.1, -0.05) is 6.07 Å². The number of nitrogens with one attached hydrogen (secondary N) is 1. The van der Waals surface area contributed by atoms with E-state index in [1.807, 2.05) is 31.2 Å². The number of imidazole rings is 1. The molecule has 3 aromatic rings. The Bertz CT molecular complexity index is 992. The van der Waals surface area contributed by atoms with Gasteiger partial charge in [-0.05, 0) is 42.8 Å². The standard InChI is InChI=1S/C21H23N3O4/c1-14-3-5-16-17(11-14)23-21(22-16)15-4-6-18(19(12-15)26-2)28-13-20(25)24-7-9-27-10-8-24/h3-6,11-12H,7-10,13H2,1-2H3,(H,22,23). The Morgan fingerprint density at radius 1 is 1.18 bits per heavy atom. The van der Waals surface area contributed by atoms with Crippen LogP contribution in [0.15, 0.2) is 36.4 Å². The van der Waals surface area contributed by atoms with Gasteiger partial charge >= 0.3 is 0 Å². The number of aromatic nitrogens is 2. The van der Waals surface area contributed by atoms with Crippen molar-refractivity contribution < 1.29 is 19.0 Å². The molecule has 2 aromatic carbocycles. The molecule has 7 nitrogen and oxygen atoms in total. The zero-order valence-corrected chi connectivity index (χ0v) is 16.0. The Morgan fingerprint density at radius 3 is 2.79 bits per heavy atom. The Hall–Kier alpha value is -3.06. The number of H-pyrrole nitrogens is 1. The summed E-state index contributed by atoms with van der Waals surface area (Å²) in [7, 11) is 1.58. The van der Waals surface area contributed by atoms with Crippen molar-refractivity contribution >= 4 is 16.9 Å². The van der Waals surface area contributed by atoms with Crippen LogP contribution in [0.1, 0.15) is 5.56 Å². The lowest BCUT2D eigenvalue weighted by Gasteiger charge is -2.26. The first-order valence-electron chi connectivity index (χ1n) is 9.27. The first-order chi connectivity index (χ1) is 13.6. The van der Waals surface area contributed by atoms with Crippen LogP contribution in [0.2, 0.25) is 0 Å². The molecule has 1 aromatic heterocycles. The van der Waals surface area contributed by atoms with Crippen LogP contribution in [-0.4, -0.2) is 60.8 Å². The maximum Gasteiger partial charge on any atom is 0.260 e. The molecule has 1 aliphatic heterocycles. The number of carbonyl (C=O) groups is 1. The molecule has 1 N–H and O–H groups in total. The highest BCUT2D eigenvalue weighted by atomic mass is 16.5. The summed E-state index contributed by atoms with van der Waals surface area (Å²) in [6, 6.07) is 11.7. The van der Waals surface area contributed by atoms with Gasteiger partial charge in [0, 0.05) is 18.7 Å². The molecule has 1 saturated heterocycles. The summed E-state index contributed by atoms with van der Waals surface area (Å²) < 4.78 is 16.5. The average Bonchev–Trinajstić information content (AvgIpc) is 3.15. The van der Waals surface area contributed by atoms with Gasteiger partial charge in [0.15, 0.2) is 18.1 Å². The lowest BCUT2D eigenvalue weighted by atomic mass is 10.2. The van der Waals surface area contributed by atoms with Crippen molar-refractivity contribution in [3.8, 4) is 22.9 Å². The fourth-order valence-corrected chi connectivity index (χ4v) is 3.24. The molecule has 1 aliphatic rings. The van der Waals surface area contributed by atoms with Crippen LogP contribution in [0.5, 0.6) is 11.5 Å². The topological polar surface area (TPSA) is 76.7 Å². The van der Waals surface area contributed by atoms with Crippen molar-refractivity contribution in [3.05, 3.63) is 42.0 Å². The molecule has 0 atom stereocenters. The van der Waals surface area contributed by atoms with Gasteiger partial charge in [-0.2, -0.15) is 0 Å². The van der Waals surface area contributed by atoms with Gasteiger partial charge in [0.25, 0.3) is 5.91 Å². The molecule has 0 bridgehead atoms. The number of hydrogen-bond acceptors (Lipinski definition) is 5. The highest BCUT2D eigenvalue weighted by Gasteiger charge is 2.18. The van der Waals surface area contributed by atoms with Gasteiger partial charge in [-0.15, -0.1) is 0 Å². The zero-order valence-electron chi connectivity index (χ0n) is 16.0. The fraction of sp³-hybridized carbons (Fsp3) is 0.333. The van der Waals surface area contributed by atoms with Gasteiger partial charge in [0.1, 0.15) is 5.82 Å². The highest BCUT2D eigenvalue weighted by molar-refractivity contribution is 5.80. The minimum Gasteiger partial charge on any atom is -0.493 e. The summed E-state index contributed by atoms with van der Waals surface area (Å²) in [5.74, 6) is 1.79. The molecule has 1 fully saturated rings. The van der Waals surface area contributed by atoms with E-state index in [0.717, 1.165) is 22.4 Å². The van der Waals surface area contributed by atoms with E-state index < -0.39 is 0 Å². The number of nitrogens with zero attached hydrogens (tertiary/aromatic N) is 2. The number of benzene rings is 2. The lowest BCUT2D eigenvalue weighted by Crippen LogP contribution is -2.43. The van der Waals surface area contributed by atoms with Crippen LogP contribution in [0.3, 0.4) is 0 Å². The maximum atomic E-state index is 12.3. The smallest absolute Gasteiger partial charge is 0.260 e. The van der Waals surface area contributed by atoms with Gasteiger partial charge in [-0.3, -0.25) is 4.79 Å². The van der Waals surface area contributed by atoms with Crippen LogP contribution in [0, 0.1) is 6.92 Å². The van der Waals surface area contributed by atoms with Gasteiger partial charge < -0.3 is 24.1 Å². The molecule has 4 rings (SSSR count). The second-order valence-corrected chi connectivity index (χ2v) is 6.75. The van der Waals surface area contributed by atoms with Gasteiger partial charge in [0.05, 0.1) is 31.4 Å². The van der Waals surface area contributed by atoms with Crippen molar-refractivity contribution in [1.82, 2.24) is 14.9 Å². The third kappa shape index (κ3) is 3.80. The largest absolute Gasteiger partial charge is 0.493 e. The molecule has 0 radical (unpaired) electrons. The predicted octanol–water partition coefficient (Wildman–Crippen LogP) is 2.78. The molecular weight excluding hydrogens is 358 g/mol. The van der Waals surface area contributed by atoms with Gasteiger partial charge in [0.2, 0.25) is 0 Å². The summed E-state index contributed by atoms with van der Waals surface area (Å²) >= 11 is 0. The SMILES string of the molecule is COc1cc(-c2nc3ccc(C)cc3[nH]2)ccc1OCC(=O)N1CCOCC1. The van der Waals surface area contributed by atoms with Gasteiger partial charge in [-0.25, -0.2) is 4.98 Å². The number of hydrogen-bond donors (Lipinski definition) is 1. The highest BCUT2D eigenvalue weighted by Crippen LogP contribution is 2.32. The van der Waals surface area contributed by atoms with Crippen LogP contribution >= 0.6 is 0 Å². The molecule has 146 valence electrons. The third-order valence-electron chi connectivity index (χ3n) is 4.79. The van der Waals surface area contributed by atoms with E-state index in [0.29, 0.717) is 37.8 Å². The number of ether oxygens (including phenoxy) is 3. The number of rotatable bonds is 5. The Labute approximate surface area is 163 Å². The normalized spacial score (nSPS) is 14.3. The molecule has 28 heavy (non-hydrogen) atoms. The summed E-state index contributed by atoms with van der Waals surface area (Å²) in [4.78, 5) is 22.0. The Kier molecular flexibility index (Phi) is 5.16. The van der Waals surface area contributed by atoms with E-state index in [1.165, 1.54) is 5.56 Å². The third-order valence-corrected chi connectivity index (χ3v) is 4.79. The van der Waals surface area contributed by atoms with Crippen molar-refractivity contribution in [3.63, 3.8) is 0 Å². The monoisotopic (exact) mass is 381 g/mol. The molecule has 0 saturated carbocycles. The number of aromatic amines is 1. The second kappa shape index (κ2) is 7.90. The quantitative estimate of drug-likeness (QED) is 0.735. The number of amides is 1. The summed E-state index contributed by atoms with van der Waals surface area (Å²) in [5.41, 5.74) is 3.97. The average molecular weight is 381 g/mol. The maximum absolute atomic E-state index is 12.3. The predicted molar refractivity (Wildman–Crippen MR) is 106 cm³/mol. The first-order valence-corrected chi connectivity index (χ1v) is 9.27. The van der Waals surface area contributed by atoms with E-state index >= 15 is 0 Å². The number of carbonyl (C=O) groups excluding carboxylic acids is 1. The fourth-order valence-electron chi connectivity index (χ4n) is 3.24. The van der Waals surface area contributed by atoms with Crippen molar-refractivity contribution in [2.24, 2.45) is 0 Å². The number of aryl methyl sites for hydroxylation is 1. The zero-order chi connectivity index (χ0) is 19.5. The molecule has 0 spiro atoms. The summed E-state index contributed by atoms with van der Waals surface area (Å²) in [5, 5.41) is 0. The van der Waals surface area contributed by atoms with E-state index in [1.54, 1.807) is 18.1 Å². The summed E-state index contributed by atoms with van der Waals surface area (Å²) in [6.45, 7) is 4.36. The van der Waals surface area contributed by atoms with E-state index in [2.05, 4.69) is 16.0 Å². The van der Waals surface area contributed by atoms with E-state index in [9.17, 15) is 4.79 Å². The number of morpholine rings is 1. The van der Waals surface area contributed by atoms with Crippen molar-refractivity contribution in [2.45, 2.75) is 6.92 Å². The molecule has 2 heterocycles. The van der Waals surface area contributed by atoms with Crippen LogP contribution in [-0.2, 0) is 9.53 Å². The minimum atomic E-state index is -0.0536. The molecular formula is C21H23N3O4. The number of fused-ring (bicyclic) bond motifs is 1. The molecule has 0 unspecified atom stereocenters. The van der Waals surface area contributed by atoms with Crippen molar-refractivity contribution in [1.29, 1.82) is 0 Å². The van der Waals surface area contributed by atoms with E-state index in [4.69, 9.17) is 14.2 Å². The first kappa shape index (κ1) is 18.3. The Balaban J connectivity index is 1.51. The van der Waals surface area contributed by atoms with Crippen LogP contribution < -0.4 is 9.47 Å². The lowest BCUT2D eigenvalue weighted by molar-refractivity contribution is -0.137. The van der Waals surface area contributed by atoms with Crippen LogP contribution in [0.4, 0.5) is 0 Å². The Morgan fingerprint density at radius 2 is 2.00 bits per heavy atom. The second-order valence-electron chi connectivity index (χ2n) is 6.75. The minimum absolute atomic E-state index is 0.0282. The number of methoxy groups -OCH3 is 1. The molecule has 7 heteroatoms.